The molecule has 0 unspecified atom stereocenters. The van der Waals surface area contributed by atoms with E-state index >= 15 is 0 Å². The van der Waals surface area contributed by atoms with Crippen LogP contribution in [0.2, 0.25) is 0 Å². The third-order valence-corrected chi connectivity index (χ3v) is 5.16. The molecule has 3 aromatic rings. The Hall–Kier alpha value is -2.94. The van der Waals surface area contributed by atoms with Gasteiger partial charge in [0.1, 0.15) is 12.4 Å². The van der Waals surface area contributed by atoms with E-state index in [-0.39, 0.29) is 0 Å². The molecule has 0 atom stereocenters. The first-order valence-corrected chi connectivity index (χ1v) is 9.43. The van der Waals surface area contributed by atoms with E-state index in [1.807, 2.05) is 40.9 Å². The minimum absolute atomic E-state index is 0.614. The second kappa shape index (κ2) is 7.36. The highest BCUT2D eigenvalue weighted by Gasteiger charge is 2.18. The van der Waals surface area contributed by atoms with Crippen molar-refractivity contribution >= 4 is 34.4 Å². The molecule has 2 aromatic heterocycles. The van der Waals surface area contributed by atoms with Crippen LogP contribution in [0.4, 0.5) is 11.5 Å². The van der Waals surface area contributed by atoms with Gasteiger partial charge in [-0.05, 0) is 17.7 Å². The molecule has 27 heavy (non-hydrogen) atoms. The highest BCUT2D eigenvalue weighted by Crippen LogP contribution is 2.30. The molecule has 3 heterocycles. The number of anilines is 2. The van der Waals surface area contributed by atoms with E-state index in [0.29, 0.717) is 29.0 Å². The van der Waals surface area contributed by atoms with Crippen LogP contribution in [-0.4, -0.2) is 39.8 Å². The first-order chi connectivity index (χ1) is 13.2. The fourth-order valence-electron chi connectivity index (χ4n) is 2.85. The molecule has 0 bridgehead atoms. The average Bonchev–Trinajstić information content (AvgIpc) is 3.07. The van der Waals surface area contributed by atoms with Crippen LogP contribution in [0.5, 0.6) is 5.75 Å². The Morgan fingerprint density at radius 1 is 1.33 bits per heavy atom. The summed E-state index contributed by atoms with van der Waals surface area (Å²) in [4.78, 5) is 15.9. The molecule has 0 spiro atoms. The monoisotopic (exact) mass is 384 g/mol. The van der Waals surface area contributed by atoms with Gasteiger partial charge in [-0.3, -0.25) is 0 Å². The van der Waals surface area contributed by atoms with Crippen LogP contribution in [0, 0.1) is 0 Å². The van der Waals surface area contributed by atoms with Crippen LogP contribution in [-0.2, 0) is 17.5 Å². The van der Waals surface area contributed by atoms with E-state index in [1.165, 1.54) is 0 Å². The Morgan fingerprint density at radius 3 is 2.96 bits per heavy atom. The second-order valence-corrected chi connectivity index (χ2v) is 7.01. The number of thioether (sulfide) groups is 1. The summed E-state index contributed by atoms with van der Waals surface area (Å²) in [5.41, 5.74) is 9.29. The standard InChI is InChI=1S/C18H20N6O2S/c1-23-11-20-15-16(23)21-18(22-17(15)24-5-7-26-8-6-24)27-10-12-3-4-14(25-2)13(19)9-12/h3-5,7,9,11H,6,8,10,19H2,1-2H3. The summed E-state index contributed by atoms with van der Waals surface area (Å²) in [7, 11) is 3.54. The lowest BCUT2D eigenvalue weighted by Gasteiger charge is -2.22. The van der Waals surface area contributed by atoms with E-state index in [9.17, 15) is 0 Å². The van der Waals surface area contributed by atoms with Crippen molar-refractivity contribution < 1.29 is 9.47 Å². The molecule has 1 aliphatic rings. The molecular weight excluding hydrogens is 364 g/mol. The molecule has 0 saturated carbocycles. The van der Waals surface area contributed by atoms with Crippen molar-refractivity contribution in [1.82, 2.24) is 19.5 Å². The Balaban J connectivity index is 1.63. The molecule has 9 heteroatoms. The van der Waals surface area contributed by atoms with Gasteiger partial charge >= 0.3 is 0 Å². The van der Waals surface area contributed by atoms with Gasteiger partial charge < -0.3 is 24.7 Å². The lowest BCUT2D eigenvalue weighted by molar-refractivity contribution is 0.245. The molecule has 4 rings (SSSR count). The summed E-state index contributed by atoms with van der Waals surface area (Å²) < 4.78 is 12.4. The van der Waals surface area contributed by atoms with Crippen molar-refractivity contribution in [3.05, 3.63) is 42.6 Å². The minimum atomic E-state index is 0.614. The van der Waals surface area contributed by atoms with Gasteiger partial charge in [0.15, 0.2) is 22.1 Å². The van der Waals surface area contributed by atoms with Gasteiger partial charge in [0.05, 0.1) is 31.9 Å². The zero-order chi connectivity index (χ0) is 18.8. The summed E-state index contributed by atoms with van der Waals surface area (Å²) in [5.74, 6) is 2.17. The first-order valence-electron chi connectivity index (χ1n) is 8.45. The average molecular weight is 384 g/mol. The quantitative estimate of drug-likeness (QED) is 0.408. The van der Waals surface area contributed by atoms with Crippen molar-refractivity contribution in [3.8, 4) is 5.75 Å². The number of nitrogens with two attached hydrogens (primary N) is 1. The number of benzene rings is 1. The molecule has 0 aliphatic carbocycles. The van der Waals surface area contributed by atoms with E-state index in [4.69, 9.17) is 20.2 Å². The smallest absolute Gasteiger partial charge is 0.191 e. The molecule has 0 saturated heterocycles. The van der Waals surface area contributed by atoms with Crippen molar-refractivity contribution in [2.24, 2.45) is 7.05 Å². The largest absolute Gasteiger partial charge is 0.498 e. The normalized spacial score (nSPS) is 13.8. The van der Waals surface area contributed by atoms with E-state index < -0.39 is 0 Å². The maximum Gasteiger partial charge on any atom is 0.191 e. The Labute approximate surface area is 161 Å². The van der Waals surface area contributed by atoms with Crippen LogP contribution < -0.4 is 15.4 Å². The predicted octanol–water partition coefficient (Wildman–Crippen LogP) is 2.55. The molecule has 1 aliphatic heterocycles. The number of methoxy groups -OCH3 is 1. The number of imidazole rings is 1. The number of aryl methyl sites for hydroxylation is 1. The molecular formula is C18H20N6O2S. The molecule has 0 amide bonds. The third-order valence-electron chi connectivity index (χ3n) is 4.24. The van der Waals surface area contributed by atoms with Crippen molar-refractivity contribution in [2.45, 2.75) is 10.9 Å². The van der Waals surface area contributed by atoms with Gasteiger partial charge in [0, 0.05) is 19.0 Å². The van der Waals surface area contributed by atoms with E-state index in [2.05, 4.69) is 9.97 Å². The Bertz CT molecular complexity index is 1000. The van der Waals surface area contributed by atoms with E-state index in [0.717, 1.165) is 29.1 Å². The van der Waals surface area contributed by atoms with Gasteiger partial charge in [0.2, 0.25) is 0 Å². The maximum atomic E-state index is 6.00. The van der Waals surface area contributed by atoms with Crippen molar-refractivity contribution in [3.63, 3.8) is 0 Å². The Kier molecular flexibility index (Phi) is 4.76. The summed E-state index contributed by atoms with van der Waals surface area (Å²) >= 11 is 1.56. The molecule has 0 radical (unpaired) electrons. The zero-order valence-electron chi connectivity index (χ0n) is 15.1. The Morgan fingerprint density at radius 2 is 2.22 bits per heavy atom. The van der Waals surface area contributed by atoms with Crippen LogP contribution >= 0.6 is 11.8 Å². The fraction of sp³-hybridized carbons (Fsp3) is 0.278. The lowest BCUT2D eigenvalue weighted by Crippen LogP contribution is -2.25. The first kappa shape index (κ1) is 17.5. The highest BCUT2D eigenvalue weighted by molar-refractivity contribution is 7.98. The van der Waals surface area contributed by atoms with Gasteiger partial charge in [0.25, 0.3) is 0 Å². The van der Waals surface area contributed by atoms with Gasteiger partial charge in [-0.2, -0.15) is 0 Å². The SMILES string of the molecule is COc1ccc(CSc2nc(N3C=COCC3)c3ncn(C)c3n2)cc1N. The maximum absolute atomic E-state index is 6.00. The van der Waals surface area contributed by atoms with Gasteiger partial charge in [-0.15, -0.1) is 0 Å². The number of ether oxygens (including phenoxy) is 2. The highest BCUT2D eigenvalue weighted by atomic mass is 32.2. The molecule has 8 nitrogen and oxygen atoms in total. The number of hydrogen-bond donors (Lipinski definition) is 1. The minimum Gasteiger partial charge on any atom is -0.498 e. The third kappa shape index (κ3) is 3.50. The van der Waals surface area contributed by atoms with Gasteiger partial charge in [-0.25, -0.2) is 15.0 Å². The summed E-state index contributed by atoms with van der Waals surface area (Å²) in [6.07, 6.45) is 5.30. The molecule has 1 aromatic carbocycles. The van der Waals surface area contributed by atoms with Crippen molar-refractivity contribution in [1.29, 1.82) is 0 Å². The number of hydrogen-bond acceptors (Lipinski definition) is 8. The summed E-state index contributed by atoms with van der Waals surface area (Å²) in [6.45, 7) is 1.33. The fourth-order valence-corrected chi connectivity index (χ4v) is 3.62. The van der Waals surface area contributed by atoms with Crippen LogP contribution in [0.1, 0.15) is 5.56 Å². The van der Waals surface area contributed by atoms with Crippen LogP contribution in [0.3, 0.4) is 0 Å². The second-order valence-electron chi connectivity index (χ2n) is 6.07. The summed E-state index contributed by atoms with van der Waals surface area (Å²) in [6, 6.07) is 5.79. The zero-order valence-corrected chi connectivity index (χ0v) is 15.9. The molecule has 0 fully saturated rings. The number of aromatic nitrogens is 4. The number of nitrogens with zero attached hydrogens (tertiary/aromatic N) is 5. The van der Waals surface area contributed by atoms with Crippen molar-refractivity contribution in [2.75, 3.05) is 30.9 Å². The topological polar surface area (TPSA) is 91.3 Å². The number of nitrogen functional groups attached to an aromatic ring is 1. The predicted molar refractivity (Wildman–Crippen MR) is 106 cm³/mol. The van der Waals surface area contributed by atoms with Gasteiger partial charge in [-0.1, -0.05) is 17.8 Å². The van der Waals surface area contributed by atoms with Crippen LogP contribution in [0.15, 0.2) is 42.1 Å². The lowest BCUT2D eigenvalue weighted by atomic mass is 10.2. The molecule has 2 N–H and O–H groups in total. The number of fused-ring (bicyclic) bond motifs is 1. The van der Waals surface area contributed by atoms with Crippen LogP contribution in [0.25, 0.3) is 11.2 Å². The summed E-state index contributed by atoms with van der Waals surface area (Å²) in [5, 5.41) is 0.690. The van der Waals surface area contributed by atoms with E-state index in [1.54, 1.807) is 31.5 Å². The number of rotatable bonds is 5. The molecule has 140 valence electrons.